The third-order valence-corrected chi connectivity index (χ3v) is 3.22. The number of hydrogen-bond donors (Lipinski definition) is 0. The van der Waals surface area contributed by atoms with Crippen LogP contribution < -0.4 is 0 Å². The zero-order valence-electron chi connectivity index (χ0n) is 11.8. The Bertz CT molecular complexity index is 484. The van der Waals surface area contributed by atoms with Gasteiger partial charge in [0.05, 0.1) is 11.7 Å². The number of unbranched alkanes of at least 4 members (excludes halogenated alkanes) is 1. The average molecular weight is 272 g/mol. The summed E-state index contributed by atoms with van der Waals surface area (Å²) in [6, 6.07) is 7.71. The largest absolute Gasteiger partial charge is 0.240 e. The van der Waals surface area contributed by atoms with E-state index in [0.717, 1.165) is 38.5 Å². The van der Waals surface area contributed by atoms with Gasteiger partial charge >= 0.3 is 0 Å². The SMILES string of the molecule is CCCC(CCCCc1ccc(N=C=O)cc1)N=C=O. The Labute approximate surface area is 119 Å². The molecule has 0 saturated carbocycles. The number of isocyanates is 2. The second-order valence-electron chi connectivity index (χ2n) is 4.78. The van der Waals surface area contributed by atoms with Crippen molar-refractivity contribution in [2.75, 3.05) is 0 Å². The molecule has 0 aliphatic rings. The molecule has 1 rings (SSSR count). The predicted molar refractivity (Wildman–Crippen MR) is 78.6 cm³/mol. The van der Waals surface area contributed by atoms with E-state index in [4.69, 9.17) is 0 Å². The maximum atomic E-state index is 10.3. The summed E-state index contributed by atoms with van der Waals surface area (Å²) in [5, 5.41) is 0. The lowest BCUT2D eigenvalue weighted by atomic mass is 10.0. The van der Waals surface area contributed by atoms with E-state index in [-0.39, 0.29) is 6.04 Å². The molecule has 106 valence electrons. The standard InChI is InChI=1S/C16H20N2O2/c1-2-5-15(17-12-19)7-4-3-6-14-8-10-16(11-9-14)18-13-20/h8-11,15H,2-7H2,1H3. The van der Waals surface area contributed by atoms with Crippen LogP contribution in [-0.4, -0.2) is 18.2 Å². The summed E-state index contributed by atoms with van der Waals surface area (Å²) < 4.78 is 0. The number of aliphatic imine (C=N–C) groups is 2. The molecule has 0 aliphatic heterocycles. The number of rotatable bonds is 9. The fourth-order valence-corrected chi connectivity index (χ4v) is 2.18. The molecule has 20 heavy (non-hydrogen) atoms. The number of aryl methyl sites for hydroxylation is 1. The second kappa shape index (κ2) is 9.85. The van der Waals surface area contributed by atoms with Crippen molar-refractivity contribution in [2.45, 2.75) is 51.5 Å². The highest BCUT2D eigenvalue weighted by atomic mass is 16.1. The zero-order valence-corrected chi connectivity index (χ0v) is 11.8. The number of carbonyl (C=O) groups excluding carboxylic acids is 2. The van der Waals surface area contributed by atoms with Gasteiger partial charge in [0.2, 0.25) is 12.2 Å². The summed E-state index contributed by atoms with van der Waals surface area (Å²) in [6.07, 6.45) is 9.20. The van der Waals surface area contributed by atoms with Gasteiger partial charge in [0, 0.05) is 0 Å². The van der Waals surface area contributed by atoms with Crippen LogP contribution in [0.2, 0.25) is 0 Å². The average Bonchev–Trinajstić information content (AvgIpc) is 2.46. The fourth-order valence-electron chi connectivity index (χ4n) is 2.18. The van der Waals surface area contributed by atoms with E-state index in [9.17, 15) is 9.59 Å². The first kappa shape index (κ1) is 16.0. The summed E-state index contributed by atoms with van der Waals surface area (Å²) in [5.41, 5.74) is 1.85. The Morgan fingerprint density at radius 1 is 1.05 bits per heavy atom. The van der Waals surface area contributed by atoms with Crippen LogP contribution in [0.25, 0.3) is 0 Å². The van der Waals surface area contributed by atoms with Gasteiger partial charge in [0.1, 0.15) is 0 Å². The number of hydrogen-bond acceptors (Lipinski definition) is 4. The van der Waals surface area contributed by atoms with Gasteiger partial charge in [-0.05, 0) is 43.4 Å². The molecule has 1 unspecified atom stereocenters. The van der Waals surface area contributed by atoms with Crippen molar-refractivity contribution in [1.29, 1.82) is 0 Å². The van der Waals surface area contributed by atoms with Gasteiger partial charge in [0.15, 0.2) is 0 Å². The quantitative estimate of drug-likeness (QED) is 0.389. The first-order valence-corrected chi connectivity index (χ1v) is 7.04. The molecule has 4 nitrogen and oxygen atoms in total. The molecule has 0 aromatic heterocycles. The Kier molecular flexibility index (Phi) is 7.90. The minimum absolute atomic E-state index is 0.127. The highest BCUT2D eigenvalue weighted by molar-refractivity contribution is 5.49. The van der Waals surface area contributed by atoms with Crippen LogP contribution in [-0.2, 0) is 16.0 Å². The third-order valence-electron chi connectivity index (χ3n) is 3.22. The molecular weight excluding hydrogens is 252 g/mol. The minimum Gasteiger partial charge on any atom is -0.211 e. The van der Waals surface area contributed by atoms with Crippen LogP contribution in [0.5, 0.6) is 0 Å². The van der Waals surface area contributed by atoms with Gasteiger partial charge in [-0.15, -0.1) is 0 Å². The minimum atomic E-state index is 0.127. The van der Waals surface area contributed by atoms with E-state index in [1.807, 2.05) is 24.3 Å². The van der Waals surface area contributed by atoms with Crippen molar-refractivity contribution in [1.82, 2.24) is 0 Å². The molecule has 0 fully saturated rings. The number of benzene rings is 1. The summed E-state index contributed by atoms with van der Waals surface area (Å²) in [7, 11) is 0. The Balaban J connectivity index is 2.32. The van der Waals surface area contributed by atoms with Crippen molar-refractivity contribution in [3.8, 4) is 0 Å². The smallest absolute Gasteiger partial charge is 0.211 e. The molecule has 0 radical (unpaired) electrons. The topological polar surface area (TPSA) is 58.9 Å². The van der Waals surface area contributed by atoms with Gasteiger partial charge < -0.3 is 0 Å². The second-order valence-corrected chi connectivity index (χ2v) is 4.78. The summed E-state index contributed by atoms with van der Waals surface area (Å²) in [5.74, 6) is 0. The molecule has 0 heterocycles. The lowest BCUT2D eigenvalue weighted by molar-refractivity contribution is 0.513. The van der Waals surface area contributed by atoms with E-state index < -0.39 is 0 Å². The van der Waals surface area contributed by atoms with Gasteiger partial charge in [0.25, 0.3) is 0 Å². The highest BCUT2D eigenvalue weighted by Crippen LogP contribution is 2.16. The van der Waals surface area contributed by atoms with Crippen molar-refractivity contribution >= 4 is 17.8 Å². The molecule has 0 N–H and O–H groups in total. The Morgan fingerprint density at radius 2 is 1.80 bits per heavy atom. The van der Waals surface area contributed by atoms with Crippen LogP contribution in [0.1, 0.15) is 44.6 Å². The molecule has 0 spiro atoms. The monoisotopic (exact) mass is 272 g/mol. The Morgan fingerprint density at radius 3 is 2.40 bits per heavy atom. The first-order chi connectivity index (χ1) is 9.80. The van der Waals surface area contributed by atoms with Crippen LogP contribution in [0.15, 0.2) is 34.3 Å². The highest BCUT2D eigenvalue weighted by Gasteiger charge is 2.05. The van der Waals surface area contributed by atoms with Gasteiger partial charge in [-0.2, -0.15) is 4.99 Å². The molecule has 0 saturated heterocycles. The fraction of sp³-hybridized carbons (Fsp3) is 0.500. The van der Waals surface area contributed by atoms with Gasteiger partial charge in [-0.3, -0.25) is 0 Å². The Hall–Kier alpha value is -2.02. The third kappa shape index (κ3) is 6.24. The molecule has 0 aliphatic carbocycles. The van der Waals surface area contributed by atoms with E-state index in [1.54, 1.807) is 6.08 Å². The maximum Gasteiger partial charge on any atom is 0.240 e. The van der Waals surface area contributed by atoms with E-state index in [2.05, 4.69) is 16.9 Å². The molecule has 0 amide bonds. The van der Waals surface area contributed by atoms with E-state index in [1.165, 1.54) is 11.6 Å². The summed E-state index contributed by atoms with van der Waals surface area (Å²) in [4.78, 5) is 27.8. The molecule has 1 atom stereocenters. The predicted octanol–water partition coefficient (Wildman–Crippen LogP) is 3.87. The summed E-state index contributed by atoms with van der Waals surface area (Å²) in [6.45, 7) is 2.09. The van der Waals surface area contributed by atoms with Crippen LogP contribution >= 0.6 is 0 Å². The van der Waals surface area contributed by atoms with E-state index >= 15 is 0 Å². The molecule has 0 bridgehead atoms. The lowest BCUT2D eigenvalue weighted by Gasteiger charge is -2.08. The zero-order chi connectivity index (χ0) is 14.6. The molecule has 1 aromatic rings. The van der Waals surface area contributed by atoms with Crippen molar-refractivity contribution < 1.29 is 9.59 Å². The van der Waals surface area contributed by atoms with Crippen LogP contribution in [0.4, 0.5) is 5.69 Å². The van der Waals surface area contributed by atoms with Gasteiger partial charge in [-0.1, -0.05) is 31.9 Å². The maximum absolute atomic E-state index is 10.3. The van der Waals surface area contributed by atoms with Crippen molar-refractivity contribution in [2.24, 2.45) is 9.98 Å². The van der Waals surface area contributed by atoms with Crippen molar-refractivity contribution in [3.63, 3.8) is 0 Å². The van der Waals surface area contributed by atoms with Gasteiger partial charge in [-0.25, -0.2) is 14.6 Å². The molecular formula is C16H20N2O2. The summed E-state index contributed by atoms with van der Waals surface area (Å²) >= 11 is 0. The lowest BCUT2D eigenvalue weighted by Crippen LogP contribution is -2.03. The molecule has 4 heteroatoms. The first-order valence-electron chi connectivity index (χ1n) is 7.04. The normalized spacial score (nSPS) is 11.2. The van der Waals surface area contributed by atoms with Crippen LogP contribution in [0, 0.1) is 0 Å². The van der Waals surface area contributed by atoms with Crippen LogP contribution in [0.3, 0.4) is 0 Å². The number of nitrogens with zero attached hydrogens (tertiary/aromatic N) is 2. The molecule has 1 aromatic carbocycles. The van der Waals surface area contributed by atoms with E-state index in [0.29, 0.717) is 5.69 Å². The van der Waals surface area contributed by atoms with Crippen molar-refractivity contribution in [3.05, 3.63) is 29.8 Å².